The van der Waals surface area contributed by atoms with Crippen LogP contribution in [0.1, 0.15) is 5.69 Å². The van der Waals surface area contributed by atoms with Gasteiger partial charge in [-0.1, -0.05) is 0 Å². The number of aromatic nitrogens is 4. The number of rotatable bonds is 2. The quantitative estimate of drug-likeness (QED) is 0.626. The number of hydrogen-bond donors (Lipinski definition) is 1. The molecule has 0 saturated heterocycles. The molecule has 1 N–H and O–H groups in total. The van der Waals surface area contributed by atoms with E-state index < -0.39 is 0 Å². The molecule has 0 radical (unpaired) electrons. The van der Waals surface area contributed by atoms with E-state index in [1.165, 1.54) is 7.11 Å². The molecule has 0 fully saturated rings. The van der Waals surface area contributed by atoms with Crippen LogP contribution in [0.25, 0.3) is 11.2 Å². The molecule has 2 aromatic heterocycles. The highest BCUT2D eigenvalue weighted by Crippen LogP contribution is 2.16. The highest BCUT2D eigenvalue weighted by Gasteiger charge is 2.14. The molecule has 0 atom stereocenters. The van der Waals surface area contributed by atoms with E-state index in [0.29, 0.717) is 4.77 Å². The van der Waals surface area contributed by atoms with Gasteiger partial charge < -0.3 is 9.72 Å². The van der Waals surface area contributed by atoms with Crippen LogP contribution in [0.3, 0.4) is 0 Å². The lowest BCUT2D eigenvalue weighted by molar-refractivity contribution is -0.141. The van der Waals surface area contributed by atoms with E-state index >= 15 is 0 Å². The Balaban J connectivity index is 2.63. The largest absolute Gasteiger partial charge is 0.468 e. The normalized spacial score (nSPS) is 10.9. The number of hydrogen-bond acceptors (Lipinski definition) is 4. The molecule has 0 saturated carbocycles. The number of nitrogens with zero attached hydrogens (tertiary/aromatic N) is 3. The van der Waals surface area contributed by atoms with Gasteiger partial charge in [-0.15, -0.1) is 0 Å². The predicted octanol–water partition coefficient (Wildman–Crippen LogP) is 0.914. The SMILES string of the molecule is COC(=O)Cn1c(=S)[nH]c2c(C)nn(C)c21. The number of H-pyrrole nitrogens is 1. The Morgan fingerprint density at radius 3 is 2.94 bits per heavy atom. The molecule has 0 amide bonds. The summed E-state index contributed by atoms with van der Waals surface area (Å²) < 4.78 is 8.49. The predicted molar refractivity (Wildman–Crippen MR) is 60.6 cm³/mol. The van der Waals surface area contributed by atoms with Gasteiger partial charge in [-0.25, -0.2) is 0 Å². The van der Waals surface area contributed by atoms with Gasteiger partial charge in [0.25, 0.3) is 0 Å². The first-order valence-corrected chi connectivity index (χ1v) is 5.14. The summed E-state index contributed by atoms with van der Waals surface area (Å²) in [7, 11) is 3.16. The van der Waals surface area contributed by atoms with Gasteiger partial charge in [0, 0.05) is 7.05 Å². The number of nitrogens with one attached hydrogen (secondary N) is 1. The van der Waals surface area contributed by atoms with Gasteiger partial charge in [0.05, 0.1) is 12.8 Å². The zero-order valence-corrected chi connectivity index (χ0v) is 10.1. The topological polar surface area (TPSA) is 64.8 Å². The van der Waals surface area contributed by atoms with Crippen molar-refractivity contribution in [3.05, 3.63) is 10.5 Å². The van der Waals surface area contributed by atoms with Crippen LogP contribution in [0, 0.1) is 11.7 Å². The summed E-state index contributed by atoms with van der Waals surface area (Å²) in [5, 5.41) is 4.25. The van der Waals surface area contributed by atoms with Crippen molar-refractivity contribution in [3.63, 3.8) is 0 Å². The van der Waals surface area contributed by atoms with E-state index in [0.717, 1.165) is 16.9 Å². The van der Waals surface area contributed by atoms with Crippen LogP contribution in [-0.4, -0.2) is 32.4 Å². The number of ether oxygens (including phenoxy) is 1. The zero-order valence-electron chi connectivity index (χ0n) is 9.27. The van der Waals surface area contributed by atoms with Crippen LogP contribution in [0.5, 0.6) is 0 Å². The van der Waals surface area contributed by atoms with Crippen LogP contribution in [-0.2, 0) is 23.1 Å². The standard InChI is InChI=1S/C9H12N4O2S/c1-5-7-8(12(2)11-5)13(9(16)10-7)4-6(14)15-3/h4H2,1-3H3,(H,10,16). The van der Waals surface area contributed by atoms with Gasteiger partial charge in [-0.05, 0) is 19.1 Å². The van der Waals surface area contributed by atoms with Crippen molar-refractivity contribution >= 4 is 29.4 Å². The third kappa shape index (κ3) is 1.53. The highest BCUT2D eigenvalue weighted by atomic mass is 32.1. The lowest BCUT2D eigenvalue weighted by Crippen LogP contribution is -2.13. The van der Waals surface area contributed by atoms with E-state index in [2.05, 4.69) is 14.8 Å². The second-order valence-corrected chi connectivity index (χ2v) is 3.89. The Bertz CT molecular complexity index is 607. The molecule has 0 aliphatic heterocycles. The van der Waals surface area contributed by atoms with Crippen molar-refractivity contribution in [3.8, 4) is 0 Å². The first kappa shape index (κ1) is 10.9. The number of aryl methyl sites for hydroxylation is 2. The Labute approximate surface area is 96.8 Å². The maximum Gasteiger partial charge on any atom is 0.325 e. The Morgan fingerprint density at radius 2 is 2.31 bits per heavy atom. The number of aromatic amines is 1. The van der Waals surface area contributed by atoms with Gasteiger partial charge in [0.2, 0.25) is 0 Å². The van der Waals surface area contributed by atoms with Gasteiger partial charge >= 0.3 is 5.97 Å². The highest BCUT2D eigenvalue weighted by molar-refractivity contribution is 7.71. The van der Waals surface area contributed by atoms with Crippen LogP contribution in [0.4, 0.5) is 0 Å². The van der Waals surface area contributed by atoms with Crippen LogP contribution < -0.4 is 0 Å². The molecule has 0 aliphatic carbocycles. The van der Waals surface area contributed by atoms with Gasteiger partial charge in [-0.3, -0.25) is 14.0 Å². The Hall–Kier alpha value is -1.63. The van der Waals surface area contributed by atoms with Crippen molar-refractivity contribution in [1.29, 1.82) is 0 Å². The average Bonchev–Trinajstić information content (AvgIpc) is 2.68. The second-order valence-electron chi connectivity index (χ2n) is 3.50. The molecule has 86 valence electrons. The van der Waals surface area contributed by atoms with Crippen LogP contribution >= 0.6 is 12.2 Å². The third-order valence-electron chi connectivity index (χ3n) is 2.44. The molecule has 0 aliphatic rings. The molecule has 16 heavy (non-hydrogen) atoms. The molecule has 2 rings (SSSR count). The Kier molecular flexibility index (Phi) is 2.55. The summed E-state index contributed by atoms with van der Waals surface area (Å²) in [6, 6.07) is 0. The summed E-state index contributed by atoms with van der Waals surface area (Å²) in [6.45, 7) is 1.98. The maximum atomic E-state index is 11.3. The number of methoxy groups -OCH3 is 1. The molecule has 6 nitrogen and oxygen atoms in total. The molecule has 0 bridgehead atoms. The molecule has 2 heterocycles. The summed E-state index contributed by atoms with van der Waals surface area (Å²) in [4.78, 5) is 14.3. The van der Waals surface area contributed by atoms with E-state index in [4.69, 9.17) is 12.2 Å². The van der Waals surface area contributed by atoms with Crippen molar-refractivity contribution in [1.82, 2.24) is 19.3 Å². The van der Waals surface area contributed by atoms with E-state index in [1.807, 2.05) is 14.0 Å². The van der Waals surface area contributed by atoms with Gasteiger partial charge in [0.1, 0.15) is 12.1 Å². The fraction of sp³-hybridized carbons (Fsp3) is 0.444. The van der Waals surface area contributed by atoms with E-state index in [1.54, 1.807) is 9.25 Å². The summed E-state index contributed by atoms with van der Waals surface area (Å²) >= 11 is 5.15. The van der Waals surface area contributed by atoms with Gasteiger partial charge in [0.15, 0.2) is 10.4 Å². The molecular weight excluding hydrogens is 228 g/mol. The van der Waals surface area contributed by atoms with E-state index in [-0.39, 0.29) is 12.5 Å². The molecule has 0 spiro atoms. The lowest BCUT2D eigenvalue weighted by atomic mass is 10.4. The van der Waals surface area contributed by atoms with E-state index in [9.17, 15) is 4.79 Å². The van der Waals surface area contributed by atoms with Crippen molar-refractivity contribution < 1.29 is 9.53 Å². The minimum atomic E-state index is -0.337. The molecule has 2 aromatic rings. The number of carbonyl (C=O) groups is 1. The number of fused-ring (bicyclic) bond motifs is 1. The Morgan fingerprint density at radius 1 is 1.62 bits per heavy atom. The summed E-state index contributed by atoms with van der Waals surface area (Å²) in [5.74, 6) is -0.337. The van der Waals surface area contributed by atoms with Crippen LogP contribution in [0.2, 0.25) is 0 Å². The number of imidazole rings is 1. The summed E-state index contributed by atoms with van der Waals surface area (Å²) in [6.07, 6.45) is 0. The third-order valence-corrected chi connectivity index (χ3v) is 2.76. The first-order chi connectivity index (χ1) is 7.54. The lowest BCUT2D eigenvalue weighted by Gasteiger charge is -2.02. The first-order valence-electron chi connectivity index (χ1n) is 4.73. The number of carbonyl (C=O) groups excluding carboxylic acids is 1. The zero-order chi connectivity index (χ0) is 11.9. The molecule has 0 unspecified atom stereocenters. The van der Waals surface area contributed by atoms with Crippen molar-refractivity contribution in [2.75, 3.05) is 7.11 Å². The average molecular weight is 240 g/mol. The summed E-state index contributed by atoms with van der Waals surface area (Å²) in [5.41, 5.74) is 2.51. The van der Waals surface area contributed by atoms with Gasteiger partial charge in [-0.2, -0.15) is 5.10 Å². The second kappa shape index (κ2) is 3.75. The monoisotopic (exact) mass is 240 g/mol. The molecule has 7 heteroatoms. The smallest absolute Gasteiger partial charge is 0.325 e. The van der Waals surface area contributed by atoms with Crippen molar-refractivity contribution in [2.45, 2.75) is 13.5 Å². The number of esters is 1. The minimum absolute atomic E-state index is 0.0916. The fourth-order valence-electron chi connectivity index (χ4n) is 1.71. The molecular formula is C9H12N4O2S. The minimum Gasteiger partial charge on any atom is -0.468 e. The maximum absolute atomic E-state index is 11.3. The molecule has 0 aromatic carbocycles. The van der Waals surface area contributed by atoms with Crippen molar-refractivity contribution in [2.24, 2.45) is 7.05 Å². The fourth-order valence-corrected chi connectivity index (χ4v) is 1.97. The van der Waals surface area contributed by atoms with Crippen LogP contribution in [0.15, 0.2) is 0 Å².